The monoisotopic (exact) mass is 242 g/mol. The highest BCUT2D eigenvalue weighted by Gasteiger charge is 2.08. The number of nitrogens with one attached hydrogen (secondary N) is 1. The summed E-state index contributed by atoms with van der Waals surface area (Å²) < 4.78 is 0. The first-order valence-corrected chi connectivity index (χ1v) is 6.18. The van der Waals surface area contributed by atoms with Crippen LogP contribution in [-0.2, 0) is 6.42 Å². The van der Waals surface area contributed by atoms with Gasteiger partial charge in [-0.05, 0) is 25.1 Å². The minimum atomic E-state index is 0.134. The first kappa shape index (κ1) is 12.6. The molecule has 1 aromatic carbocycles. The Balaban J connectivity index is 1.86. The normalized spacial score (nSPS) is 12.3. The fraction of sp³-hybridized carbons (Fsp3) is 0.267. The van der Waals surface area contributed by atoms with E-state index in [1.54, 1.807) is 6.07 Å². The predicted octanol–water partition coefficient (Wildman–Crippen LogP) is 2.68. The van der Waals surface area contributed by atoms with E-state index < -0.39 is 0 Å². The van der Waals surface area contributed by atoms with Gasteiger partial charge in [0.2, 0.25) is 0 Å². The standard InChI is InChI=1S/C15H18N2O/c1-12(14-7-2-3-8-15(14)18)16-11-9-13-6-4-5-10-17-13/h2-8,10,12,16,18H,9,11H2,1H3. The van der Waals surface area contributed by atoms with Crippen molar-refractivity contribution in [2.45, 2.75) is 19.4 Å². The number of rotatable bonds is 5. The molecular weight excluding hydrogens is 224 g/mol. The lowest BCUT2D eigenvalue weighted by atomic mass is 10.1. The second-order valence-corrected chi connectivity index (χ2v) is 4.31. The minimum absolute atomic E-state index is 0.134. The van der Waals surface area contributed by atoms with E-state index in [9.17, 15) is 5.11 Å². The Bertz CT molecular complexity index is 485. The maximum atomic E-state index is 9.74. The van der Waals surface area contributed by atoms with Crippen molar-refractivity contribution in [1.29, 1.82) is 0 Å². The Morgan fingerprint density at radius 3 is 2.67 bits per heavy atom. The molecule has 0 saturated heterocycles. The lowest BCUT2D eigenvalue weighted by Crippen LogP contribution is -2.21. The van der Waals surface area contributed by atoms with Crippen LogP contribution in [-0.4, -0.2) is 16.6 Å². The number of hydrogen-bond donors (Lipinski definition) is 2. The van der Waals surface area contributed by atoms with Crippen LogP contribution in [0.4, 0.5) is 0 Å². The Morgan fingerprint density at radius 2 is 1.94 bits per heavy atom. The van der Waals surface area contributed by atoms with Crippen LogP contribution in [0.2, 0.25) is 0 Å². The number of phenolic OH excluding ortho intramolecular Hbond substituents is 1. The third-order valence-corrected chi connectivity index (χ3v) is 2.96. The van der Waals surface area contributed by atoms with Gasteiger partial charge in [-0.15, -0.1) is 0 Å². The first-order valence-electron chi connectivity index (χ1n) is 6.18. The van der Waals surface area contributed by atoms with Gasteiger partial charge in [0, 0.05) is 36.5 Å². The van der Waals surface area contributed by atoms with Gasteiger partial charge in [-0.3, -0.25) is 4.98 Å². The fourth-order valence-corrected chi connectivity index (χ4v) is 1.93. The molecule has 0 aliphatic rings. The summed E-state index contributed by atoms with van der Waals surface area (Å²) in [5, 5.41) is 13.1. The van der Waals surface area contributed by atoms with Crippen molar-refractivity contribution in [1.82, 2.24) is 10.3 Å². The number of para-hydroxylation sites is 1. The summed E-state index contributed by atoms with van der Waals surface area (Å²) in [6.45, 7) is 2.89. The van der Waals surface area contributed by atoms with E-state index in [2.05, 4.69) is 10.3 Å². The second kappa shape index (κ2) is 6.17. The van der Waals surface area contributed by atoms with Crippen LogP contribution >= 0.6 is 0 Å². The molecule has 18 heavy (non-hydrogen) atoms. The van der Waals surface area contributed by atoms with Crippen molar-refractivity contribution >= 4 is 0 Å². The average molecular weight is 242 g/mol. The highest BCUT2D eigenvalue weighted by Crippen LogP contribution is 2.22. The van der Waals surface area contributed by atoms with Crippen molar-refractivity contribution < 1.29 is 5.11 Å². The SMILES string of the molecule is CC(NCCc1ccccn1)c1ccccc1O. The molecule has 0 aliphatic heterocycles. The molecule has 94 valence electrons. The molecule has 1 heterocycles. The van der Waals surface area contributed by atoms with Gasteiger partial charge in [-0.2, -0.15) is 0 Å². The van der Waals surface area contributed by atoms with E-state index in [0.29, 0.717) is 5.75 Å². The molecule has 1 unspecified atom stereocenters. The molecule has 3 nitrogen and oxygen atoms in total. The number of hydrogen-bond acceptors (Lipinski definition) is 3. The van der Waals surface area contributed by atoms with Gasteiger partial charge in [0.05, 0.1) is 0 Å². The zero-order valence-corrected chi connectivity index (χ0v) is 10.5. The van der Waals surface area contributed by atoms with E-state index in [4.69, 9.17) is 0 Å². The lowest BCUT2D eigenvalue weighted by Gasteiger charge is -2.15. The highest BCUT2D eigenvalue weighted by atomic mass is 16.3. The molecule has 0 saturated carbocycles. The number of aromatic nitrogens is 1. The summed E-state index contributed by atoms with van der Waals surface area (Å²) in [7, 11) is 0. The highest BCUT2D eigenvalue weighted by molar-refractivity contribution is 5.34. The summed E-state index contributed by atoms with van der Waals surface area (Å²) in [5.41, 5.74) is 2.01. The molecule has 1 atom stereocenters. The predicted molar refractivity (Wildman–Crippen MR) is 72.5 cm³/mol. The van der Waals surface area contributed by atoms with Crippen molar-refractivity contribution in [3.8, 4) is 5.75 Å². The summed E-state index contributed by atoms with van der Waals surface area (Å²) in [5.74, 6) is 0.343. The summed E-state index contributed by atoms with van der Waals surface area (Å²) >= 11 is 0. The quantitative estimate of drug-likeness (QED) is 0.847. The van der Waals surface area contributed by atoms with Crippen LogP contribution in [0.5, 0.6) is 5.75 Å². The number of benzene rings is 1. The average Bonchev–Trinajstić information content (AvgIpc) is 2.40. The molecule has 0 radical (unpaired) electrons. The van der Waals surface area contributed by atoms with Gasteiger partial charge in [-0.25, -0.2) is 0 Å². The van der Waals surface area contributed by atoms with E-state index in [1.807, 2.05) is 49.5 Å². The number of phenols is 1. The van der Waals surface area contributed by atoms with Crippen LogP contribution in [0.25, 0.3) is 0 Å². The molecule has 2 aromatic rings. The van der Waals surface area contributed by atoms with Gasteiger partial charge >= 0.3 is 0 Å². The van der Waals surface area contributed by atoms with Crippen LogP contribution in [0.15, 0.2) is 48.7 Å². The topological polar surface area (TPSA) is 45.2 Å². The van der Waals surface area contributed by atoms with Gasteiger partial charge in [-0.1, -0.05) is 24.3 Å². The molecule has 1 aromatic heterocycles. The number of nitrogens with zero attached hydrogens (tertiary/aromatic N) is 1. The van der Waals surface area contributed by atoms with E-state index in [-0.39, 0.29) is 6.04 Å². The molecule has 0 amide bonds. The molecular formula is C15H18N2O. The smallest absolute Gasteiger partial charge is 0.120 e. The third-order valence-electron chi connectivity index (χ3n) is 2.96. The Morgan fingerprint density at radius 1 is 1.17 bits per heavy atom. The van der Waals surface area contributed by atoms with Gasteiger partial charge in [0.25, 0.3) is 0 Å². The molecule has 0 bridgehead atoms. The molecule has 0 fully saturated rings. The largest absolute Gasteiger partial charge is 0.508 e. The zero-order chi connectivity index (χ0) is 12.8. The molecule has 0 spiro atoms. The van der Waals surface area contributed by atoms with Crippen molar-refractivity contribution in [2.24, 2.45) is 0 Å². The van der Waals surface area contributed by atoms with Crippen molar-refractivity contribution in [3.63, 3.8) is 0 Å². The van der Waals surface area contributed by atoms with Gasteiger partial charge < -0.3 is 10.4 Å². The van der Waals surface area contributed by atoms with E-state index in [0.717, 1.165) is 24.2 Å². The lowest BCUT2D eigenvalue weighted by molar-refractivity contribution is 0.453. The van der Waals surface area contributed by atoms with Crippen LogP contribution in [0, 0.1) is 0 Å². The maximum Gasteiger partial charge on any atom is 0.120 e. The van der Waals surface area contributed by atoms with Crippen LogP contribution < -0.4 is 5.32 Å². The van der Waals surface area contributed by atoms with Gasteiger partial charge in [0.1, 0.15) is 5.75 Å². The number of aromatic hydroxyl groups is 1. The Kier molecular flexibility index (Phi) is 4.31. The second-order valence-electron chi connectivity index (χ2n) is 4.31. The first-order chi connectivity index (χ1) is 8.77. The summed E-state index contributed by atoms with van der Waals surface area (Å²) in [4.78, 5) is 4.28. The molecule has 2 rings (SSSR count). The summed E-state index contributed by atoms with van der Waals surface area (Å²) in [6.07, 6.45) is 2.70. The minimum Gasteiger partial charge on any atom is -0.508 e. The van der Waals surface area contributed by atoms with Crippen LogP contribution in [0.3, 0.4) is 0 Å². The van der Waals surface area contributed by atoms with E-state index in [1.165, 1.54) is 0 Å². The fourth-order valence-electron chi connectivity index (χ4n) is 1.93. The Hall–Kier alpha value is -1.87. The van der Waals surface area contributed by atoms with Crippen molar-refractivity contribution in [2.75, 3.05) is 6.54 Å². The molecule has 0 aliphatic carbocycles. The zero-order valence-electron chi connectivity index (χ0n) is 10.5. The Labute approximate surface area is 108 Å². The maximum absolute atomic E-state index is 9.74. The number of pyridine rings is 1. The van der Waals surface area contributed by atoms with Gasteiger partial charge in [0.15, 0.2) is 0 Å². The summed E-state index contributed by atoms with van der Waals surface area (Å²) in [6, 6.07) is 13.5. The van der Waals surface area contributed by atoms with E-state index >= 15 is 0 Å². The van der Waals surface area contributed by atoms with Crippen LogP contribution in [0.1, 0.15) is 24.2 Å². The molecule has 3 heteroatoms. The third kappa shape index (κ3) is 3.31. The molecule has 2 N–H and O–H groups in total. The van der Waals surface area contributed by atoms with Crippen molar-refractivity contribution in [3.05, 3.63) is 59.9 Å².